The van der Waals surface area contributed by atoms with Crippen molar-refractivity contribution < 1.29 is 28.8 Å². The molecule has 19 heavy (non-hydrogen) atoms. The summed E-state index contributed by atoms with van der Waals surface area (Å²) in [4.78, 5) is 46.2. The lowest BCUT2D eigenvalue weighted by Crippen LogP contribution is -2.58. The van der Waals surface area contributed by atoms with Crippen molar-refractivity contribution in [1.82, 2.24) is 15.4 Å². The van der Waals surface area contributed by atoms with Gasteiger partial charge in [0.05, 0.1) is 0 Å². The summed E-state index contributed by atoms with van der Waals surface area (Å²) in [6, 6.07) is 0.0872. The molecular weight excluding hydrogens is 258 g/mol. The molecule has 1 fully saturated rings. The number of nitrogens with one attached hydrogen (secondary N) is 1. The van der Waals surface area contributed by atoms with Crippen LogP contribution in [0.2, 0.25) is 0 Å². The van der Waals surface area contributed by atoms with E-state index in [1.807, 2.05) is 0 Å². The van der Waals surface area contributed by atoms with Crippen LogP contribution in [0.4, 0.5) is 0 Å². The zero-order valence-electron chi connectivity index (χ0n) is 9.74. The maximum Gasteiger partial charge on any atom is 0.374 e. The third kappa shape index (κ3) is 2.30. The molecule has 0 radical (unpaired) electrons. The number of aromatic nitrogens is 1. The SMILES string of the molecule is CC1C(=O)NC(=O)CN1C(=O)c1cc(C(=O)O)on1. The van der Waals surface area contributed by atoms with E-state index >= 15 is 0 Å². The van der Waals surface area contributed by atoms with Gasteiger partial charge in [-0.25, -0.2) is 4.79 Å². The fourth-order valence-corrected chi connectivity index (χ4v) is 1.59. The van der Waals surface area contributed by atoms with Crippen LogP contribution in [-0.2, 0) is 9.59 Å². The summed E-state index contributed by atoms with van der Waals surface area (Å²) in [6.07, 6.45) is 0. The van der Waals surface area contributed by atoms with Crippen LogP contribution in [-0.4, -0.2) is 51.4 Å². The normalized spacial score (nSPS) is 19.2. The molecule has 1 aromatic rings. The number of imide groups is 1. The first-order valence-electron chi connectivity index (χ1n) is 5.25. The number of hydrogen-bond donors (Lipinski definition) is 2. The lowest BCUT2D eigenvalue weighted by Gasteiger charge is -2.30. The maximum absolute atomic E-state index is 12.0. The van der Waals surface area contributed by atoms with Gasteiger partial charge in [0, 0.05) is 6.07 Å². The van der Waals surface area contributed by atoms with Crippen LogP contribution in [0.1, 0.15) is 28.0 Å². The highest BCUT2D eigenvalue weighted by Crippen LogP contribution is 2.12. The maximum atomic E-state index is 12.0. The molecular formula is C10H9N3O6. The minimum absolute atomic E-state index is 0.272. The molecule has 1 saturated heterocycles. The van der Waals surface area contributed by atoms with Crippen LogP contribution < -0.4 is 5.32 Å². The first kappa shape index (κ1) is 12.7. The monoisotopic (exact) mass is 267 g/mol. The molecule has 9 nitrogen and oxygen atoms in total. The third-order valence-corrected chi connectivity index (χ3v) is 2.62. The molecule has 0 aliphatic carbocycles. The molecule has 2 heterocycles. The molecule has 0 aromatic carbocycles. The average Bonchev–Trinajstić information content (AvgIpc) is 2.82. The number of nitrogens with zero attached hydrogens (tertiary/aromatic N) is 2. The van der Waals surface area contributed by atoms with Crippen LogP contribution >= 0.6 is 0 Å². The van der Waals surface area contributed by atoms with E-state index in [0.29, 0.717) is 0 Å². The molecule has 1 aliphatic rings. The minimum Gasteiger partial charge on any atom is -0.475 e. The van der Waals surface area contributed by atoms with E-state index in [2.05, 4.69) is 15.0 Å². The summed E-state index contributed by atoms with van der Waals surface area (Å²) in [5.74, 6) is -3.83. The van der Waals surface area contributed by atoms with Crippen LogP contribution in [0.15, 0.2) is 10.6 Å². The lowest BCUT2D eigenvalue weighted by molar-refractivity contribution is -0.138. The number of rotatable bonds is 2. The molecule has 100 valence electrons. The molecule has 0 saturated carbocycles. The zero-order chi connectivity index (χ0) is 14.2. The lowest BCUT2D eigenvalue weighted by atomic mass is 10.2. The predicted octanol–water partition coefficient (Wildman–Crippen LogP) is -1.14. The highest BCUT2D eigenvalue weighted by atomic mass is 16.5. The number of carbonyl (C=O) groups excluding carboxylic acids is 3. The second-order valence-electron chi connectivity index (χ2n) is 3.90. The Labute approximate surface area is 106 Å². The Morgan fingerprint density at radius 2 is 2.21 bits per heavy atom. The van der Waals surface area contributed by atoms with E-state index < -0.39 is 35.5 Å². The first-order valence-corrected chi connectivity index (χ1v) is 5.25. The van der Waals surface area contributed by atoms with Crippen molar-refractivity contribution in [2.24, 2.45) is 0 Å². The second-order valence-corrected chi connectivity index (χ2v) is 3.90. The van der Waals surface area contributed by atoms with Gasteiger partial charge in [-0.1, -0.05) is 5.16 Å². The van der Waals surface area contributed by atoms with Crippen molar-refractivity contribution in [3.8, 4) is 0 Å². The minimum atomic E-state index is -1.37. The Morgan fingerprint density at radius 1 is 1.53 bits per heavy atom. The van der Waals surface area contributed by atoms with Gasteiger partial charge >= 0.3 is 5.97 Å². The molecule has 1 aliphatic heterocycles. The molecule has 1 unspecified atom stereocenters. The highest BCUT2D eigenvalue weighted by molar-refractivity contribution is 6.06. The van der Waals surface area contributed by atoms with Crippen LogP contribution in [0.3, 0.4) is 0 Å². The summed E-state index contributed by atoms with van der Waals surface area (Å²) < 4.78 is 4.44. The van der Waals surface area contributed by atoms with Crippen molar-refractivity contribution in [2.75, 3.05) is 6.54 Å². The number of carbonyl (C=O) groups is 4. The van der Waals surface area contributed by atoms with E-state index in [9.17, 15) is 19.2 Å². The smallest absolute Gasteiger partial charge is 0.374 e. The highest BCUT2D eigenvalue weighted by Gasteiger charge is 2.35. The van der Waals surface area contributed by atoms with Crippen LogP contribution in [0, 0.1) is 0 Å². The summed E-state index contributed by atoms with van der Waals surface area (Å²) in [6.45, 7) is 1.14. The molecule has 2 N–H and O–H groups in total. The van der Waals surface area contributed by atoms with Gasteiger partial charge in [-0.2, -0.15) is 0 Å². The van der Waals surface area contributed by atoms with E-state index in [4.69, 9.17) is 5.11 Å². The van der Waals surface area contributed by atoms with Crippen molar-refractivity contribution in [2.45, 2.75) is 13.0 Å². The van der Waals surface area contributed by atoms with Crippen LogP contribution in [0.5, 0.6) is 0 Å². The van der Waals surface area contributed by atoms with E-state index in [0.717, 1.165) is 11.0 Å². The second kappa shape index (κ2) is 4.52. The van der Waals surface area contributed by atoms with Gasteiger partial charge in [0.2, 0.25) is 17.6 Å². The summed E-state index contributed by atoms with van der Waals surface area (Å²) in [7, 11) is 0. The predicted molar refractivity (Wildman–Crippen MR) is 57.1 cm³/mol. The fraction of sp³-hybridized carbons (Fsp3) is 0.300. The Morgan fingerprint density at radius 3 is 2.79 bits per heavy atom. The van der Waals surface area contributed by atoms with Crippen molar-refractivity contribution in [3.63, 3.8) is 0 Å². The summed E-state index contributed by atoms with van der Waals surface area (Å²) in [5, 5.41) is 14.0. The zero-order valence-corrected chi connectivity index (χ0v) is 9.74. The molecule has 0 spiro atoms. The van der Waals surface area contributed by atoms with Gasteiger partial charge in [0.25, 0.3) is 5.91 Å². The Balaban J connectivity index is 2.24. The summed E-state index contributed by atoms with van der Waals surface area (Å²) in [5.41, 5.74) is -0.272. The van der Waals surface area contributed by atoms with Gasteiger partial charge in [-0.3, -0.25) is 19.7 Å². The fourth-order valence-electron chi connectivity index (χ4n) is 1.59. The number of piperazine rings is 1. The third-order valence-electron chi connectivity index (χ3n) is 2.62. The molecule has 1 atom stereocenters. The number of aromatic carboxylic acids is 1. The molecule has 3 amide bonds. The number of carboxylic acids is 1. The first-order chi connectivity index (χ1) is 8.90. The van der Waals surface area contributed by atoms with E-state index in [-0.39, 0.29) is 12.2 Å². The quantitative estimate of drug-likeness (QED) is 0.647. The standard InChI is InChI=1S/C10H9N3O6/c1-4-8(15)11-7(14)3-13(4)9(16)5-2-6(10(17)18)19-12-5/h2,4H,3H2,1H3,(H,17,18)(H,11,14,15). The van der Waals surface area contributed by atoms with Crippen LogP contribution in [0.25, 0.3) is 0 Å². The van der Waals surface area contributed by atoms with E-state index in [1.54, 1.807) is 0 Å². The summed E-state index contributed by atoms with van der Waals surface area (Å²) >= 11 is 0. The number of carboxylic acid groups (broad SMARTS) is 1. The number of hydrogen-bond acceptors (Lipinski definition) is 6. The van der Waals surface area contributed by atoms with Crippen molar-refractivity contribution >= 4 is 23.7 Å². The molecule has 2 rings (SSSR count). The molecule has 9 heteroatoms. The van der Waals surface area contributed by atoms with Gasteiger partial charge in [0.1, 0.15) is 12.6 Å². The van der Waals surface area contributed by atoms with Gasteiger partial charge < -0.3 is 14.5 Å². The largest absolute Gasteiger partial charge is 0.475 e. The number of amides is 3. The average molecular weight is 267 g/mol. The Bertz CT molecular complexity index is 578. The van der Waals surface area contributed by atoms with Crippen molar-refractivity contribution in [1.29, 1.82) is 0 Å². The topological polar surface area (TPSA) is 130 Å². The van der Waals surface area contributed by atoms with Gasteiger partial charge in [-0.15, -0.1) is 0 Å². The van der Waals surface area contributed by atoms with Gasteiger partial charge in [-0.05, 0) is 6.92 Å². The molecule has 1 aromatic heterocycles. The Hall–Kier alpha value is -2.71. The van der Waals surface area contributed by atoms with Crippen molar-refractivity contribution in [3.05, 3.63) is 17.5 Å². The Kier molecular flexibility index (Phi) is 3.03. The van der Waals surface area contributed by atoms with Gasteiger partial charge in [0.15, 0.2) is 5.69 Å². The van der Waals surface area contributed by atoms with E-state index in [1.165, 1.54) is 6.92 Å². The molecule has 0 bridgehead atoms.